The zero-order valence-corrected chi connectivity index (χ0v) is 24.6. The van der Waals surface area contributed by atoms with E-state index in [1.807, 2.05) is 24.3 Å². The first-order chi connectivity index (χ1) is 20.7. The van der Waals surface area contributed by atoms with Gasteiger partial charge in [-0.3, -0.25) is 0 Å². The molecule has 0 bridgehead atoms. The fraction of sp³-hybridized carbons (Fsp3) is 0.162. The molecule has 43 heavy (non-hydrogen) atoms. The quantitative estimate of drug-likeness (QED) is 0.162. The molecule has 4 heterocycles. The molecule has 0 aliphatic carbocycles. The van der Waals surface area contributed by atoms with Gasteiger partial charge < -0.3 is 9.31 Å². The summed E-state index contributed by atoms with van der Waals surface area (Å²) in [5, 5.41) is 6.89. The predicted octanol–water partition coefficient (Wildman–Crippen LogP) is 8.12. The van der Waals surface area contributed by atoms with Gasteiger partial charge in [-0.05, 0) is 103 Å². The van der Waals surface area contributed by atoms with Crippen molar-refractivity contribution in [1.82, 2.24) is 15.0 Å². The Balaban J connectivity index is 1.29. The Morgan fingerprint density at radius 2 is 0.860 bits per heavy atom. The van der Waals surface area contributed by atoms with Crippen LogP contribution in [0, 0.1) is 0 Å². The molecule has 0 spiro atoms. The van der Waals surface area contributed by atoms with Gasteiger partial charge in [0.15, 0.2) is 0 Å². The van der Waals surface area contributed by atoms with E-state index in [2.05, 4.69) is 113 Å². The summed E-state index contributed by atoms with van der Waals surface area (Å²) >= 11 is 0. The highest BCUT2D eigenvalue weighted by molar-refractivity contribution is 6.62. The lowest BCUT2D eigenvalue weighted by Gasteiger charge is -2.32. The molecule has 0 saturated carbocycles. The Morgan fingerprint density at radius 1 is 0.442 bits per heavy atom. The summed E-state index contributed by atoms with van der Waals surface area (Å²) in [4.78, 5) is 15.3. The van der Waals surface area contributed by atoms with Crippen molar-refractivity contribution in [2.24, 2.45) is 0 Å². The molecule has 7 aromatic rings. The van der Waals surface area contributed by atoms with Crippen molar-refractivity contribution >= 4 is 55.9 Å². The van der Waals surface area contributed by atoms with E-state index < -0.39 is 18.3 Å². The zero-order valence-electron chi connectivity index (χ0n) is 24.6. The van der Waals surface area contributed by atoms with Crippen LogP contribution in [-0.2, 0) is 9.31 Å². The van der Waals surface area contributed by atoms with Crippen LogP contribution in [0.2, 0.25) is 0 Å². The van der Waals surface area contributed by atoms with Gasteiger partial charge in [-0.15, -0.1) is 0 Å². The predicted molar refractivity (Wildman–Crippen MR) is 176 cm³/mol. The smallest absolute Gasteiger partial charge is 0.399 e. The Morgan fingerprint density at radius 3 is 1.30 bits per heavy atom. The third-order valence-corrected chi connectivity index (χ3v) is 9.01. The van der Waals surface area contributed by atoms with Crippen LogP contribution in [0.25, 0.3) is 66.1 Å². The van der Waals surface area contributed by atoms with E-state index in [4.69, 9.17) is 24.3 Å². The van der Waals surface area contributed by atoms with E-state index in [1.54, 1.807) is 0 Å². The minimum absolute atomic E-state index is 0.466. The highest BCUT2D eigenvalue weighted by atomic mass is 16.7. The van der Waals surface area contributed by atoms with Crippen molar-refractivity contribution < 1.29 is 9.31 Å². The monoisotopic (exact) mass is 559 g/mol. The number of nitrogens with zero attached hydrogens (tertiary/aromatic N) is 3. The molecule has 0 unspecified atom stereocenters. The SMILES string of the molecule is CC1(C)OB(c2cc(-c3ccc4cc5ccccc5cc4n3)nc(-c3ccc4cc5ccccc5cc4n3)c2)OC1(C)C. The summed E-state index contributed by atoms with van der Waals surface area (Å²) < 4.78 is 13.0. The van der Waals surface area contributed by atoms with Crippen molar-refractivity contribution in [2.75, 3.05) is 0 Å². The number of fused-ring (bicyclic) bond motifs is 4. The lowest BCUT2D eigenvalue weighted by molar-refractivity contribution is 0.00578. The number of pyridine rings is 3. The highest BCUT2D eigenvalue weighted by Crippen LogP contribution is 2.37. The van der Waals surface area contributed by atoms with Crippen LogP contribution in [-0.4, -0.2) is 33.3 Å². The first-order valence-electron chi connectivity index (χ1n) is 14.7. The van der Waals surface area contributed by atoms with Gasteiger partial charge in [0.05, 0.1) is 45.0 Å². The minimum atomic E-state index is -0.542. The maximum Gasteiger partial charge on any atom is 0.494 e. The van der Waals surface area contributed by atoms with E-state index >= 15 is 0 Å². The van der Waals surface area contributed by atoms with E-state index in [1.165, 1.54) is 10.8 Å². The van der Waals surface area contributed by atoms with Gasteiger partial charge in [0, 0.05) is 10.8 Å². The summed E-state index contributed by atoms with van der Waals surface area (Å²) in [5.41, 5.74) is 4.88. The van der Waals surface area contributed by atoms with Gasteiger partial charge in [0.25, 0.3) is 0 Å². The molecule has 8 rings (SSSR count). The Kier molecular flexibility index (Phi) is 5.71. The van der Waals surface area contributed by atoms with E-state index in [-0.39, 0.29) is 0 Å². The maximum atomic E-state index is 6.48. The number of benzene rings is 4. The Hall–Kier alpha value is -4.65. The van der Waals surface area contributed by atoms with Gasteiger partial charge in [-0.25, -0.2) is 15.0 Å². The Labute approximate surface area is 250 Å². The molecule has 5 nitrogen and oxygen atoms in total. The second-order valence-electron chi connectivity index (χ2n) is 12.4. The highest BCUT2D eigenvalue weighted by Gasteiger charge is 2.52. The first-order valence-corrected chi connectivity index (χ1v) is 14.7. The molecule has 4 aromatic carbocycles. The van der Waals surface area contributed by atoms with Crippen molar-refractivity contribution in [3.8, 4) is 22.8 Å². The molecule has 1 fully saturated rings. The first kappa shape index (κ1) is 26.0. The lowest BCUT2D eigenvalue weighted by Crippen LogP contribution is -2.41. The Bertz CT molecular complexity index is 2070. The van der Waals surface area contributed by atoms with Gasteiger partial charge in [-0.1, -0.05) is 60.7 Å². The van der Waals surface area contributed by atoms with Crippen LogP contribution in [0.3, 0.4) is 0 Å². The second-order valence-corrected chi connectivity index (χ2v) is 12.4. The number of hydrogen-bond acceptors (Lipinski definition) is 5. The van der Waals surface area contributed by atoms with Crippen molar-refractivity contribution in [3.05, 3.63) is 109 Å². The van der Waals surface area contributed by atoms with Crippen LogP contribution in [0.4, 0.5) is 0 Å². The summed E-state index contributed by atoms with van der Waals surface area (Å²) in [7, 11) is -0.542. The van der Waals surface area contributed by atoms with Gasteiger partial charge in [-0.2, -0.15) is 0 Å². The number of aromatic nitrogens is 3. The van der Waals surface area contributed by atoms with Gasteiger partial charge in [0.2, 0.25) is 0 Å². The van der Waals surface area contributed by atoms with Gasteiger partial charge in [0.1, 0.15) is 0 Å². The molecule has 3 aromatic heterocycles. The van der Waals surface area contributed by atoms with Crippen LogP contribution in [0.1, 0.15) is 27.7 Å². The second kappa shape index (κ2) is 9.43. The molecule has 1 aliphatic rings. The summed E-state index contributed by atoms with van der Waals surface area (Å²) in [6.45, 7) is 8.28. The number of rotatable bonds is 3. The van der Waals surface area contributed by atoms with Crippen LogP contribution in [0.5, 0.6) is 0 Å². The molecular weight excluding hydrogens is 529 g/mol. The van der Waals surface area contributed by atoms with E-state index in [0.29, 0.717) is 0 Å². The zero-order chi connectivity index (χ0) is 29.3. The molecular formula is C37H30BN3O2. The summed E-state index contributed by atoms with van der Waals surface area (Å²) in [6.07, 6.45) is 0. The molecule has 208 valence electrons. The third-order valence-electron chi connectivity index (χ3n) is 9.01. The minimum Gasteiger partial charge on any atom is -0.399 e. The topological polar surface area (TPSA) is 57.1 Å². The van der Waals surface area contributed by atoms with Crippen LogP contribution in [0.15, 0.2) is 109 Å². The molecule has 0 N–H and O–H groups in total. The average Bonchev–Trinajstić information content (AvgIpc) is 3.24. The summed E-state index contributed by atoms with van der Waals surface area (Å²) in [5.74, 6) is 0. The van der Waals surface area contributed by atoms with Crippen molar-refractivity contribution in [3.63, 3.8) is 0 Å². The molecule has 0 radical (unpaired) electrons. The maximum absolute atomic E-state index is 6.48. The third kappa shape index (κ3) is 4.46. The van der Waals surface area contributed by atoms with Crippen LogP contribution < -0.4 is 5.46 Å². The number of hydrogen-bond donors (Lipinski definition) is 0. The average molecular weight is 559 g/mol. The summed E-state index contributed by atoms with van der Waals surface area (Å²) in [6, 6.07) is 37.8. The molecule has 0 amide bonds. The molecule has 0 atom stereocenters. The standard InChI is InChI=1S/C37H30BN3O2/c1-36(2)37(3,4)43-38(42-36)29-21-34(30-15-13-27-17-23-9-5-7-11-25(23)19-32(27)39-30)41-35(22-29)31-16-14-28-18-24-10-6-8-12-26(24)20-33(28)40-31/h5-22H,1-4H3. The van der Waals surface area contributed by atoms with Gasteiger partial charge >= 0.3 is 7.12 Å². The van der Waals surface area contributed by atoms with E-state index in [0.717, 1.165) is 60.8 Å². The largest absolute Gasteiger partial charge is 0.494 e. The normalized spacial score (nSPS) is 16.0. The van der Waals surface area contributed by atoms with E-state index in [9.17, 15) is 0 Å². The molecule has 6 heteroatoms. The molecule has 1 aliphatic heterocycles. The fourth-order valence-electron chi connectivity index (χ4n) is 5.84. The fourth-order valence-corrected chi connectivity index (χ4v) is 5.84. The lowest BCUT2D eigenvalue weighted by atomic mass is 9.78. The van der Waals surface area contributed by atoms with Crippen molar-refractivity contribution in [1.29, 1.82) is 0 Å². The van der Waals surface area contributed by atoms with Crippen LogP contribution >= 0.6 is 0 Å². The molecule has 1 saturated heterocycles. The van der Waals surface area contributed by atoms with Crippen molar-refractivity contribution in [2.45, 2.75) is 38.9 Å².